The summed E-state index contributed by atoms with van der Waals surface area (Å²) in [6, 6.07) is 9.46. The van der Waals surface area contributed by atoms with Gasteiger partial charge >= 0.3 is 0 Å². The van der Waals surface area contributed by atoms with Crippen LogP contribution in [0.4, 0.5) is 4.39 Å². The molecular weight excluding hydrogens is 381 g/mol. The zero-order valence-corrected chi connectivity index (χ0v) is 13.7. The Kier molecular flexibility index (Phi) is 4.95. The van der Waals surface area contributed by atoms with E-state index < -0.39 is 0 Å². The molecule has 0 saturated carbocycles. The van der Waals surface area contributed by atoms with Gasteiger partial charge in [-0.05, 0) is 69.1 Å². The highest BCUT2D eigenvalue weighted by molar-refractivity contribution is 9.11. The molecule has 0 fully saturated rings. The van der Waals surface area contributed by atoms with Gasteiger partial charge in [0.15, 0.2) is 0 Å². The van der Waals surface area contributed by atoms with Crippen molar-refractivity contribution in [2.75, 3.05) is 7.05 Å². The summed E-state index contributed by atoms with van der Waals surface area (Å²) < 4.78 is 15.1. The van der Waals surface area contributed by atoms with Gasteiger partial charge in [0.05, 0.1) is 8.26 Å². The number of likely N-dealkylation sites (N-methyl/N-ethyl adjacent to an activating group) is 1. The van der Waals surface area contributed by atoms with Gasteiger partial charge in [-0.15, -0.1) is 11.3 Å². The summed E-state index contributed by atoms with van der Waals surface area (Å²) in [6.45, 7) is 0. The highest BCUT2D eigenvalue weighted by Gasteiger charge is 2.15. The Labute approximate surface area is 127 Å². The molecule has 1 unspecified atom stereocenters. The van der Waals surface area contributed by atoms with E-state index in [9.17, 15) is 4.39 Å². The Bertz CT molecular complexity index is 542. The summed E-state index contributed by atoms with van der Waals surface area (Å²) in [5, 5.41) is 3.27. The van der Waals surface area contributed by atoms with Crippen LogP contribution in [0.15, 0.2) is 38.6 Å². The van der Waals surface area contributed by atoms with E-state index in [2.05, 4.69) is 43.2 Å². The molecule has 18 heavy (non-hydrogen) atoms. The second kappa shape index (κ2) is 6.28. The fourth-order valence-corrected chi connectivity index (χ4v) is 3.75. The molecule has 1 N–H and O–H groups in total. The minimum atomic E-state index is -0.213. The molecule has 0 saturated heterocycles. The Morgan fingerprint density at radius 1 is 1.28 bits per heavy atom. The SMILES string of the molecule is CNC(Cc1cccc(F)c1Br)c1ccc(Br)s1. The molecule has 0 amide bonds. The maximum absolute atomic E-state index is 13.5. The van der Waals surface area contributed by atoms with Crippen LogP contribution in [0.3, 0.4) is 0 Å². The van der Waals surface area contributed by atoms with Gasteiger partial charge in [-0.3, -0.25) is 0 Å². The smallest absolute Gasteiger partial charge is 0.137 e. The third-order valence-electron chi connectivity index (χ3n) is 2.74. The monoisotopic (exact) mass is 391 g/mol. The lowest BCUT2D eigenvalue weighted by molar-refractivity contribution is 0.587. The predicted octanol–water partition coefficient (Wildman–Crippen LogP) is 4.92. The number of halogens is 3. The molecule has 1 aromatic carbocycles. The number of hydrogen-bond acceptors (Lipinski definition) is 2. The number of hydrogen-bond donors (Lipinski definition) is 1. The minimum Gasteiger partial charge on any atom is -0.312 e. The summed E-state index contributed by atoms with van der Waals surface area (Å²) in [5.74, 6) is -0.213. The standard InChI is InChI=1S/C13H12Br2FNS/c1-17-10(11-5-6-12(14)18-11)7-8-3-2-4-9(16)13(8)15/h2-6,10,17H,7H2,1H3. The fourth-order valence-electron chi connectivity index (χ4n) is 1.79. The molecule has 0 bridgehead atoms. The first-order chi connectivity index (χ1) is 8.61. The van der Waals surface area contributed by atoms with Gasteiger partial charge in [0.2, 0.25) is 0 Å². The molecule has 0 spiro atoms. The molecule has 1 aromatic heterocycles. The van der Waals surface area contributed by atoms with Crippen molar-refractivity contribution < 1.29 is 4.39 Å². The lowest BCUT2D eigenvalue weighted by Gasteiger charge is -2.15. The van der Waals surface area contributed by atoms with E-state index in [1.54, 1.807) is 17.4 Å². The number of rotatable bonds is 4. The van der Waals surface area contributed by atoms with Crippen molar-refractivity contribution in [3.8, 4) is 0 Å². The van der Waals surface area contributed by atoms with Crippen molar-refractivity contribution >= 4 is 43.2 Å². The van der Waals surface area contributed by atoms with Crippen LogP contribution >= 0.6 is 43.2 Å². The average Bonchev–Trinajstić information content (AvgIpc) is 2.78. The van der Waals surface area contributed by atoms with E-state index in [0.29, 0.717) is 4.47 Å². The van der Waals surface area contributed by atoms with Crippen molar-refractivity contribution in [1.29, 1.82) is 0 Å². The highest BCUT2D eigenvalue weighted by Crippen LogP contribution is 2.31. The van der Waals surface area contributed by atoms with Crippen molar-refractivity contribution in [3.63, 3.8) is 0 Å². The van der Waals surface area contributed by atoms with E-state index in [1.807, 2.05) is 19.2 Å². The van der Waals surface area contributed by atoms with E-state index in [0.717, 1.165) is 15.8 Å². The topological polar surface area (TPSA) is 12.0 Å². The van der Waals surface area contributed by atoms with Crippen molar-refractivity contribution in [2.24, 2.45) is 0 Å². The molecule has 0 aliphatic rings. The van der Waals surface area contributed by atoms with Crippen LogP contribution in [-0.2, 0) is 6.42 Å². The summed E-state index contributed by atoms with van der Waals surface area (Å²) >= 11 is 8.46. The zero-order chi connectivity index (χ0) is 13.1. The maximum atomic E-state index is 13.5. The lowest BCUT2D eigenvalue weighted by Crippen LogP contribution is -2.18. The molecule has 1 nitrogen and oxygen atoms in total. The van der Waals surface area contributed by atoms with Crippen LogP contribution in [0, 0.1) is 5.82 Å². The third-order valence-corrected chi connectivity index (χ3v) is 5.37. The number of benzene rings is 1. The van der Waals surface area contributed by atoms with Gasteiger partial charge in [-0.2, -0.15) is 0 Å². The number of thiophene rings is 1. The number of nitrogens with one attached hydrogen (secondary N) is 1. The van der Waals surface area contributed by atoms with Crippen molar-refractivity contribution in [1.82, 2.24) is 5.32 Å². The Morgan fingerprint density at radius 3 is 2.67 bits per heavy atom. The first-order valence-electron chi connectivity index (χ1n) is 5.47. The molecule has 5 heteroatoms. The summed E-state index contributed by atoms with van der Waals surface area (Å²) in [4.78, 5) is 1.24. The second-order valence-corrected chi connectivity index (χ2v) is 7.19. The summed E-state index contributed by atoms with van der Waals surface area (Å²) in [6.07, 6.45) is 0.752. The molecule has 1 atom stereocenters. The maximum Gasteiger partial charge on any atom is 0.137 e. The van der Waals surface area contributed by atoms with Gasteiger partial charge in [-0.25, -0.2) is 4.39 Å². The van der Waals surface area contributed by atoms with Crippen molar-refractivity contribution in [2.45, 2.75) is 12.5 Å². The zero-order valence-electron chi connectivity index (χ0n) is 9.71. The molecule has 0 radical (unpaired) electrons. The minimum absolute atomic E-state index is 0.194. The highest BCUT2D eigenvalue weighted by atomic mass is 79.9. The van der Waals surface area contributed by atoms with Crippen molar-refractivity contribution in [3.05, 3.63) is 54.8 Å². The van der Waals surface area contributed by atoms with Crippen LogP contribution in [-0.4, -0.2) is 7.05 Å². The van der Waals surface area contributed by atoms with E-state index in [-0.39, 0.29) is 11.9 Å². The molecule has 96 valence electrons. The first-order valence-corrected chi connectivity index (χ1v) is 7.87. The Hall–Kier alpha value is -0.230. The third kappa shape index (κ3) is 3.20. The molecular formula is C13H12Br2FNS. The van der Waals surface area contributed by atoms with Gasteiger partial charge in [0, 0.05) is 10.9 Å². The van der Waals surface area contributed by atoms with Crippen LogP contribution < -0.4 is 5.32 Å². The molecule has 2 rings (SSSR count). The molecule has 2 aromatic rings. The first kappa shape index (κ1) is 14.2. The quantitative estimate of drug-likeness (QED) is 0.778. The van der Waals surface area contributed by atoms with Gasteiger partial charge in [0.25, 0.3) is 0 Å². The second-order valence-electron chi connectivity index (χ2n) is 3.90. The fraction of sp³-hybridized carbons (Fsp3) is 0.231. The molecule has 0 aliphatic carbocycles. The van der Waals surface area contributed by atoms with E-state index in [4.69, 9.17) is 0 Å². The molecule has 1 heterocycles. The lowest BCUT2D eigenvalue weighted by atomic mass is 10.0. The van der Waals surface area contributed by atoms with Crippen LogP contribution in [0.2, 0.25) is 0 Å². The largest absolute Gasteiger partial charge is 0.312 e. The Balaban J connectivity index is 2.23. The summed E-state index contributed by atoms with van der Waals surface area (Å²) in [7, 11) is 1.92. The normalized spacial score (nSPS) is 12.7. The van der Waals surface area contributed by atoms with Gasteiger partial charge < -0.3 is 5.32 Å². The van der Waals surface area contributed by atoms with E-state index >= 15 is 0 Å². The van der Waals surface area contributed by atoms with Gasteiger partial charge in [-0.1, -0.05) is 12.1 Å². The average molecular weight is 393 g/mol. The molecule has 0 aliphatic heterocycles. The van der Waals surface area contributed by atoms with Crippen LogP contribution in [0.1, 0.15) is 16.5 Å². The Morgan fingerprint density at radius 2 is 2.06 bits per heavy atom. The van der Waals surface area contributed by atoms with E-state index in [1.165, 1.54) is 10.9 Å². The predicted molar refractivity (Wildman–Crippen MR) is 81.6 cm³/mol. The van der Waals surface area contributed by atoms with Crippen LogP contribution in [0.25, 0.3) is 0 Å². The van der Waals surface area contributed by atoms with Gasteiger partial charge in [0.1, 0.15) is 5.82 Å². The summed E-state index contributed by atoms with van der Waals surface area (Å²) in [5.41, 5.74) is 0.971. The van der Waals surface area contributed by atoms with Crippen LogP contribution in [0.5, 0.6) is 0 Å².